The predicted molar refractivity (Wildman–Crippen MR) is 76.6 cm³/mol. The fourth-order valence-corrected chi connectivity index (χ4v) is 1.70. The standard InChI is InChI=1S/C14H23N5/c1-4-7-16-14-10-17-13(9-18-14)11-19(12(2)3)8-5-6-15/h9-10,12H,4-5,7-8,11H2,1-3H3,(H,16,18). The molecule has 0 amide bonds. The van der Waals surface area contributed by atoms with Gasteiger partial charge in [-0.1, -0.05) is 6.92 Å². The Labute approximate surface area is 115 Å². The predicted octanol–water partition coefficient (Wildman–Crippen LogP) is 2.42. The van der Waals surface area contributed by atoms with E-state index in [4.69, 9.17) is 5.26 Å². The van der Waals surface area contributed by atoms with E-state index >= 15 is 0 Å². The SMILES string of the molecule is CCCNc1cnc(CN(CCC#N)C(C)C)cn1. The lowest BCUT2D eigenvalue weighted by atomic mass is 10.2. The van der Waals surface area contributed by atoms with Crippen LogP contribution in [0, 0.1) is 11.3 Å². The molecule has 1 aromatic rings. The van der Waals surface area contributed by atoms with Crippen molar-refractivity contribution < 1.29 is 0 Å². The maximum Gasteiger partial charge on any atom is 0.144 e. The molecule has 0 atom stereocenters. The topological polar surface area (TPSA) is 64.8 Å². The Balaban J connectivity index is 2.57. The Hall–Kier alpha value is -1.67. The van der Waals surface area contributed by atoms with E-state index in [1.54, 1.807) is 12.4 Å². The number of nitrogens with zero attached hydrogens (tertiary/aromatic N) is 4. The van der Waals surface area contributed by atoms with E-state index in [0.29, 0.717) is 12.5 Å². The fraction of sp³-hybridized carbons (Fsp3) is 0.643. The zero-order valence-electron chi connectivity index (χ0n) is 12.1. The van der Waals surface area contributed by atoms with Crippen molar-refractivity contribution in [3.63, 3.8) is 0 Å². The molecule has 0 saturated carbocycles. The molecule has 0 fully saturated rings. The molecular weight excluding hydrogens is 238 g/mol. The van der Waals surface area contributed by atoms with Crippen LogP contribution in [0.1, 0.15) is 39.3 Å². The second kappa shape index (κ2) is 8.44. The second-order valence-electron chi connectivity index (χ2n) is 4.79. The van der Waals surface area contributed by atoms with Gasteiger partial charge < -0.3 is 5.32 Å². The Morgan fingerprint density at radius 2 is 2.16 bits per heavy atom. The van der Waals surface area contributed by atoms with Crippen molar-refractivity contribution in [3.8, 4) is 6.07 Å². The van der Waals surface area contributed by atoms with Crippen molar-refractivity contribution in [3.05, 3.63) is 18.1 Å². The summed E-state index contributed by atoms with van der Waals surface area (Å²) in [7, 11) is 0. The van der Waals surface area contributed by atoms with Gasteiger partial charge in [0.05, 0.1) is 24.2 Å². The molecule has 0 radical (unpaired) electrons. The van der Waals surface area contributed by atoms with E-state index < -0.39 is 0 Å². The number of nitrogens with one attached hydrogen (secondary N) is 1. The third kappa shape index (κ3) is 5.66. The summed E-state index contributed by atoms with van der Waals surface area (Å²) in [5.74, 6) is 0.818. The van der Waals surface area contributed by atoms with Crippen LogP contribution < -0.4 is 5.32 Å². The lowest BCUT2D eigenvalue weighted by molar-refractivity contribution is 0.215. The number of anilines is 1. The first kappa shape index (κ1) is 15.4. The van der Waals surface area contributed by atoms with Gasteiger partial charge in [-0.2, -0.15) is 5.26 Å². The highest BCUT2D eigenvalue weighted by molar-refractivity contribution is 5.30. The molecule has 1 N–H and O–H groups in total. The molecule has 5 heteroatoms. The molecule has 0 bridgehead atoms. The van der Waals surface area contributed by atoms with Crippen LogP contribution in [0.25, 0.3) is 0 Å². The largest absolute Gasteiger partial charge is 0.369 e. The van der Waals surface area contributed by atoms with Gasteiger partial charge in [-0.15, -0.1) is 0 Å². The van der Waals surface area contributed by atoms with Gasteiger partial charge in [-0.05, 0) is 20.3 Å². The molecule has 0 saturated heterocycles. The Morgan fingerprint density at radius 3 is 2.68 bits per heavy atom. The van der Waals surface area contributed by atoms with Gasteiger partial charge in [0.15, 0.2) is 0 Å². The third-order valence-electron chi connectivity index (χ3n) is 2.87. The minimum atomic E-state index is 0.396. The molecule has 1 rings (SSSR count). The minimum absolute atomic E-state index is 0.396. The second-order valence-corrected chi connectivity index (χ2v) is 4.79. The molecule has 0 aliphatic heterocycles. The average molecular weight is 261 g/mol. The Morgan fingerprint density at radius 1 is 1.37 bits per heavy atom. The van der Waals surface area contributed by atoms with Gasteiger partial charge in [-0.3, -0.25) is 9.88 Å². The number of hydrogen-bond donors (Lipinski definition) is 1. The van der Waals surface area contributed by atoms with E-state index in [9.17, 15) is 0 Å². The summed E-state index contributed by atoms with van der Waals surface area (Å²) in [6.45, 7) is 8.79. The molecule has 0 spiro atoms. The normalized spacial score (nSPS) is 10.7. The van der Waals surface area contributed by atoms with E-state index in [0.717, 1.165) is 37.6 Å². The summed E-state index contributed by atoms with van der Waals surface area (Å²) in [5.41, 5.74) is 0.939. The van der Waals surface area contributed by atoms with Gasteiger partial charge in [-0.25, -0.2) is 4.98 Å². The summed E-state index contributed by atoms with van der Waals surface area (Å²) in [5, 5.41) is 11.9. The van der Waals surface area contributed by atoms with Crippen LogP contribution in [-0.2, 0) is 6.54 Å². The summed E-state index contributed by atoms with van der Waals surface area (Å²) in [4.78, 5) is 11.0. The van der Waals surface area contributed by atoms with Crippen molar-refractivity contribution in [2.75, 3.05) is 18.4 Å². The van der Waals surface area contributed by atoms with E-state index in [1.165, 1.54) is 0 Å². The van der Waals surface area contributed by atoms with Gasteiger partial charge in [0, 0.05) is 32.1 Å². The molecule has 0 aromatic carbocycles. The van der Waals surface area contributed by atoms with Crippen LogP contribution in [0.3, 0.4) is 0 Å². The van der Waals surface area contributed by atoms with Gasteiger partial charge in [0.1, 0.15) is 5.82 Å². The van der Waals surface area contributed by atoms with Crippen LogP contribution >= 0.6 is 0 Å². The zero-order valence-corrected chi connectivity index (χ0v) is 12.1. The highest BCUT2D eigenvalue weighted by atomic mass is 15.2. The average Bonchev–Trinajstić information content (AvgIpc) is 2.42. The van der Waals surface area contributed by atoms with Crippen molar-refractivity contribution in [2.24, 2.45) is 0 Å². The van der Waals surface area contributed by atoms with Gasteiger partial charge >= 0.3 is 0 Å². The monoisotopic (exact) mass is 261 g/mol. The first-order valence-electron chi connectivity index (χ1n) is 6.83. The van der Waals surface area contributed by atoms with Crippen molar-refractivity contribution >= 4 is 5.82 Å². The maximum absolute atomic E-state index is 8.67. The molecule has 19 heavy (non-hydrogen) atoms. The van der Waals surface area contributed by atoms with Crippen LogP contribution in [0.4, 0.5) is 5.82 Å². The van der Waals surface area contributed by atoms with Gasteiger partial charge in [0.25, 0.3) is 0 Å². The molecular formula is C14H23N5. The van der Waals surface area contributed by atoms with Crippen molar-refractivity contribution in [1.82, 2.24) is 14.9 Å². The number of hydrogen-bond acceptors (Lipinski definition) is 5. The lowest BCUT2D eigenvalue weighted by Crippen LogP contribution is -2.31. The van der Waals surface area contributed by atoms with E-state index in [-0.39, 0.29) is 0 Å². The van der Waals surface area contributed by atoms with Crippen LogP contribution in [0.15, 0.2) is 12.4 Å². The zero-order chi connectivity index (χ0) is 14.1. The number of aromatic nitrogens is 2. The molecule has 5 nitrogen and oxygen atoms in total. The third-order valence-corrected chi connectivity index (χ3v) is 2.87. The fourth-order valence-electron chi connectivity index (χ4n) is 1.70. The Bertz CT molecular complexity index is 393. The first-order chi connectivity index (χ1) is 9.17. The van der Waals surface area contributed by atoms with Gasteiger partial charge in [0.2, 0.25) is 0 Å². The highest BCUT2D eigenvalue weighted by Crippen LogP contribution is 2.08. The van der Waals surface area contributed by atoms with Crippen molar-refractivity contribution in [2.45, 2.75) is 46.2 Å². The van der Waals surface area contributed by atoms with Crippen LogP contribution in [0.5, 0.6) is 0 Å². The molecule has 1 aromatic heterocycles. The molecule has 104 valence electrons. The first-order valence-corrected chi connectivity index (χ1v) is 6.83. The van der Waals surface area contributed by atoms with Crippen molar-refractivity contribution in [1.29, 1.82) is 5.26 Å². The number of nitriles is 1. The summed E-state index contributed by atoms with van der Waals surface area (Å²) >= 11 is 0. The molecule has 0 unspecified atom stereocenters. The van der Waals surface area contributed by atoms with Crippen LogP contribution in [-0.4, -0.2) is 34.0 Å². The summed E-state index contributed by atoms with van der Waals surface area (Å²) in [6.07, 6.45) is 5.19. The Kier molecular flexibility index (Phi) is 6.83. The maximum atomic E-state index is 8.67. The smallest absolute Gasteiger partial charge is 0.144 e. The quantitative estimate of drug-likeness (QED) is 0.778. The molecule has 1 heterocycles. The number of rotatable bonds is 8. The van der Waals surface area contributed by atoms with E-state index in [1.807, 2.05) is 0 Å². The summed E-state index contributed by atoms with van der Waals surface area (Å²) in [6, 6.07) is 2.58. The highest BCUT2D eigenvalue weighted by Gasteiger charge is 2.10. The van der Waals surface area contributed by atoms with E-state index in [2.05, 4.69) is 47.0 Å². The summed E-state index contributed by atoms with van der Waals surface area (Å²) < 4.78 is 0. The molecule has 0 aliphatic rings. The van der Waals surface area contributed by atoms with Crippen LogP contribution in [0.2, 0.25) is 0 Å². The lowest BCUT2D eigenvalue weighted by Gasteiger charge is -2.24. The minimum Gasteiger partial charge on any atom is -0.369 e. The molecule has 0 aliphatic carbocycles.